The highest BCUT2D eigenvalue weighted by Gasteiger charge is 2.15. The number of fused-ring (bicyclic) bond motifs is 1. The summed E-state index contributed by atoms with van der Waals surface area (Å²) in [5.74, 6) is 0.516. The molecule has 0 saturated heterocycles. The van der Waals surface area contributed by atoms with Crippen molar-refractivity contribution >= 4 is 28.5 Å². The molecule has 100 valence electrons. The number of pyridine rings is 1. The third-order valence-electron chi connectivity index (χ3n) is 2.65. The Morgan fingerprint density at radius 2 is 1.89 bits per heavy atom. The standard InChI is InChI=1S/C13H12ClNO4/c1-17-7-4-8-9(14)6-10(13(16)19-3)15-12(8)11(5-7)18-2/h4-6H,1-3H3. The average molecular weight is 282 g/mol. The number of ether oxygens (including phenoxy) is 3. The lowest BCUT2D eigenvalue weighted by Crippen LogP contribution is -2.05. The molecule has 0 saturated carbocycles. The Labute approximate surface area is 115 Å². The molecule has 0 N–H and O–H groups in total. The van der Waals surface area contributed by atoms with Crippen LogP contribution in [-0.2, 0) is 4.74 Å². The fourth-order valence-electron chi connectivity index (χ4n) is 1.71. The Morgan fingerprint density at radius 1 is 1.16 bits per heavy atom. The van der Waals surface area contributed by atoms with E-state index in [9.17, 15) is 4.79 Å². The lowest BCUT2D eigenvalue weighted by atomic mass is 10.1. The van der Waals surface area contributed by atoms with Crippen LogP contribution in [0, 0.1) is 0 Å². The van der Waals surface area contributed by atoms with Gasteiger partial charge in [0.15, 0.2) is 5.69 Å². The highest BCUT2D eigenvalue weighted by Crippen LogP contribution is 2.34. The first-order valence-corrected chi connectivity index (χ1v) is 5.79. The van der Waals surface area contributed by atoms with E-state index >= 15 is 0 Å². The van der Waals surface area contributed by atoms with E-state index in [-0.39, 0.29) is 5.69 Å². The number of nitrogens with zero attached hydrogens (tertiary/aromatic N) is 1. The molecule has 0 spiro atoms. The van der Waals surface area contributed by atoms with Gasteiger partial charge in [0, 0.05) is 11.5 Å². The molecule has 0 amide bonds. The van der Waals surface area contributed by atoms with Crippen LogP contribution in [0.1, 0.15) is 10.5 Å². The average Bonchev–Trinajstić information content (AvgIpc) is 2.45. The van der Waals surface area contributed by atoms with Crippen LogP contribution in [0.4, 0.5) is 0 Å². The highest BCUT2D eigenvalue weighted by molar-refractivity contribution is 6.35. The number of esters is 1. The molecule has 2 aromatic rings. The lowest BCUT2D eigenvalue weighted by Gasteiger charge is -2.10. The minimum Gasteiger partial charge on any atom is -0.497 e. The van der Waals surface area contributed by atoms with Gasteiger partial charge in [-0.25, -0.2) is 9.78 Å². The maximum absolute atomic E-state index is 11.5. The summed E-state index contributed by atoms with van der Waals surface area (Å²) in [5, 5.41) is 1.02. The number of hydrogen-bond acceptors (Lipinski definition) is 5. The largest absolute Gasteiger partial charge is 0.497 e. The molecule has 1 heterocycles. The van der Waals surface area contributed by atoms with Gasteiger partial charge >= 0.3 is 5.97 Å². The Balaban J connectivity index is 2.76. The van der Waals surface area contributed by atoms with Gasteiger partial charge in [0.2, 0.25) is 0 Å². The van der Waals surface area contributed by atoms with Crippen LogP contribution in [0.25, 0.3) is 10.9 Å². The summed E-state index contributed by atoms with van der Waals surface area (Å²) in [4.78, 5) is 15.7. The third kappa shape index (κ3) is 2.42. The van der Waals surface area contributed by atoms with Crippen LogP contribution in [0.5, 0.6) is 11.5 Å². The molecule has 0 bridgehead atoms. The Kier molecular flexibility index (Phi) is 3.76. The summed E-state index contributed by atoms with van der Waals surface area (Å²) in [7, 11) is 4.34. The number of benzene rings is 1. The molecule has 0 aliphatic rings. The van der Waals surface area contributed by atoms with Gasteiger partial charge < -0.3 is 14.2 Å². The SMILES string of the molecule is COC(=O)c1cc(Cl)c2cc(OC)cc(OC)c2n1. The first-order valence-electron chi connectivity index (χ1n) is 5.41. The maximum Gasteiger partial charge on any atom is 0.356 e. The van der Waals surface area contributed by atoms with Gasteiger partial charge in [-0.1, -0.05) is 11.6 Å². The predicted molar refractivity (Wildman–Crippen MR) is 71.2 cm³/mol. The molecule has 0 radical (unpaired) electrons. The Hall–Kier alpha value is -2.01. The topological polar surface area (TPSA) is 57.7 Å². The molecule has 19 heavy (non-hydrogen) atoms. The molecule has 0 fully saturated rings. The molecule has 2 rings (SSSR count). The van der Waals surface area contributed by atoms with Gasteiger partial charge in [0.05, 0.1) is 26.4 Å². The van der Waals surface area contributed by atoms with E-state index in [2.05, 4.69) is 9.72 Å². The molecule has 0 aliphatic heterocycles. The van der Waals surface area contributed by atoms with Gasteiger partial charge in [-0.3, -0.25) is 0 Å². The quantitative estimate of drug-likeness (QED) is 0.810. The second-order valence-electron chi connectivity index (χ2n) is 3.71. The highest BCUT2D eigenvalue weighted by atomic mass is 35.5. The number of methoxy groups -OCH3 is 3. The molecule has 0 unspecified atom stereocenters. The Morgan fingerprint density at radius 3 is 2.47 bits per heavy atom. The zero-order chi connectivity index (χ0) is 14.0. The molecule has 1 aromatic carbocycles. The van der Waals surface area contributed by atoms with Crippen molar-refractivity contribution in [2.75, 3.05) is 21.3 Å². The number of carbonyl (C=O) groups is 1. The summed E-state index contributed by atoms with van der Waals surface area (Å²) >= 11 is 6.16. The third-order valence-corrected chi connectivity index (χ3v) is 2.96. The lowest BCUT2D eigenvalue weighted by molar-refractivity contribution is 0.0594. The van der Waals surface area contributed by atoms with Crippen LogP contribution in [-0.4, -0.2) is 32.3 Å². The predicted octanol–water partition coefficient (Wildman–Crippen LogP) is 2.69. The Bertz CT molecular complexity index is 642. The molecular weight excluding hydrogens is 270 g/mol. The van der Waals surface area contributed by atoms with E-state index in [1.807, 2.05) is 0 Å². The molecule has 1 aromatic heterocycles. The van der Waals surface area contributed by atoms with E-state index in [4.69, 9.17) is 21.1 Å². The van der Waals surface area contributed by atoms with Gasteiger partial charge in [-0.15, -0.1) is 0 Å². The summed E-state index contributed by atoms with van der Waals surface area (Å²) in [6, 6.07) is 4.86. The zero-order valence-corrected chi connectivity index (χ0v) is 11.4. The second-order valence-corrected chi connectivity index (χ2v) is 4.11. The van der Waals surface area contributed by atoms with Crippen LogP contribution in [0.15, 0.2) is 18.2 Å². The van der Waals surface area contributed by atoms with E-state index < -0.39 is 5.97 Å². The minimum absolute atomic E-state index is 0.128. The first-order chi connectivity index (χ1) is 9.10. The van der Waals surface area contributed by atoms with Crippen molar-refractivity contribution in [3.05, 3.63) is 28.9 Å². The fourth-order valence-corrected chi connectivity index (χ4v) is 1.96. The van der Waals surface area contributed by atoms with Crippen LogP contribution >= 0.6 is 11.6 Å². The molecular formula is C13H12ClNO4. The maximum atomic E-state index is 11.5. The zero-order valence-electron chi connectivity index (χ0n) is 10.7. The van der Waals surface area contributed by atoms with Crippen LogP contribution in [0.3, 0.4) is 0 Å². The number of carbonyl (C=O) groups excluding carboxylic acids is 1. The van der Waals surface area contributed by atoms with E-state index in [1.165, 1.54) is 20.3 Å². The van der Waals surface area contributed by atoms with Crippen molar-refractivity contribution in [3.8, 4) is 11.5 Å². The van der Waals surface area contributed by atoms with Gasteiger partial charge in [-0.05, 0) is 12.1 Å². The van der Waals surface area contributed by atoms with Gasteiger partial charge in [0.1, 0.15) is 17.0 Å². The minimum atomic E-state index is -0.554. The summed E-state index contributed by atoms with van der Waals surface area (Å²) in [6.07, 6.45) is 0. The molecule has 0 atom stereocenters. The number of hydrogen-bond donors (Lipinski definition) is 0. The fraction of sp³-hybridized carbons (Fsp3) is 0.231. The number of aromatic nitrogens is 1. The summed E-state index contributed by atoms with van der Waals surface area (Å²) < 4.78 is 15.0. The normalized spacial score (nSPS) is 10.3. The monoisotopic (exact) mass is 281 g/mol. The number of halogens is 1. The summed E-state index contributed by atoms with van der Waals surface area (Å²) in [5.41, 5.74) is 0.611. The first kappa shape index (κ1) is 13.4. The molecule has 0 aliphatic carbocycles. The van der Waals surface area contributed by atoms with E-state index in [0.717, 1.165) is 0 Å². The summed E-state index contributed by atoms with van der Waals surface area (Å²) in [6.45, 7) is 0. The van der Waals surface area contributed by atoms with Crippen LogP contribution < -0.4 is 9.47 Å². The van der Waals surface area contributed by atoms with Crippen molar-refractivity contribution in [1.82, 2.24) is 4.98 Å². The van der Waals surface area contributed by atoms with E-state index in [0.29, 0.717) is 27.4 Å². The van der Waals surface area contributed by atoms with Gasteiger partial charge in [0.25, 0.3) is 0 Å². The molecule has 6 heteroatoms. The van der Waals surface area contributed by atoms with Crippen molar-refractivity contribution in [1.29, 1.82) is 0 Å². The molecule has 5 nitrogen and oxygen atoms in total. The van der Waals surface area contributed by atoms with Crippen LogP contribution in [0.2, 0.25) is 5.02 Å². The van der Waals surface area contributed by atoms with Crippen molar-refractivity contribution in [3.63, 3.8) is 0 Å². The van der Waals surface area contributed by atoms with Gasteiger partial charge in [-0.2, -0.15) is 0 Å². The van der Waals surface area contributed by atoms with Crippen molar-refractivity contribution in [2.45, 2.75) is 0 Å². The number of rotatable bonds is 3. The van der Waals surface area contributed by atoms with E-state index in [1.54, 1.807) is 19.2 Å². The van der Waals surface area contributed by atoms with Crippen molar-refractivity contribution in [2.24, 2.45) is 0 Å². The van der Waals surface area contributed by atoms with Crippen molar-refractivity contribution < 1.29 is 19.0 Å². The second kappa shape index (κ2) is 5.32. The smallest absolute Gasteiger partial charge is 0.356 e.